The number of nitrogens with zero attached hydrogens (tertiary/aromatic N) is 2. The van der Waals surface area contributed by atoms with Gasteiger partial charge in [-0.25, -0.2) is 13.7 Å². The number of aryl methyl sites for hydroxylation is 1. The highest BCUT2D eigenvalue weighted by atomic mass is 31.3. The number of aliphatic hydroxyl groups excluding tert-OH is 3. The molecule has 10 unspecified atom stereocenters. The van der Waals surface area contributed by atoms with E-state index in [2.05, 4.69) is 18.3 Å². The van der Waals surface area contributed by atoms with Crippen LogP contribution in [-0.4, -0.2) is 98.2 Å². The number of hydrogen-bond donors (Lipinski definition) is 5. The number of likely N-dealkylation sites (N-methyl/N-ethyl adjacent to an activating group) is 1. The highest BCUT2D eigenvalue weighted by Crippen LogP contribution is 2.59. The van der Waals surface area contributed by atoms with Crippen LogP contribution in [0.1, 0.15) is 25.1 Å². The van der Waals surface area contributed by atoms with Gasteiger partial charge in [-0.15, -0.1) is 0 Å². The Morgan fingerprint density at radius 1 is 1.22 bits per heavy atom. The Balaban J connectivity index is 1.60. The van der Waals surface area contributed by atoms with Gasteiger partial charge >= 0.3 is 13.5 Å². The molecule has 19 heteroatoms. The second kappa shape index (κ2) is 11.4. The number of aromatic amines is 1. The fraction of sp³-hybridized carbons (Fsp3) is 0.778. The van der Waals surface area contributed by atoms with Crippen LogP contribution in [0.25, 0.3) is 0 Å². The molecule has 0 saturated carbocycles. The van der Waals surface area contributed by atoms with Crippen LogP contribution in [0, 0.1) is 6.92 Å². The molecule has 5 N–H and O–H groups in total. The van der Waals surface area contributed by atoms with Gasteiger partial charge in [-0.05, 0) is 27.9 Å². The molecule has 1 aromatic rings. The quantitative estimate of drug-likeness (QED) is 0.192. The molecule has 0 spiro atoms. The van der Waals surface area contributed by atoms with E-state index < -0.39 is 82.6 Å². The maximum atomic E-state index is 12.3. The van der Waals surface area contributed by atoms with Crippen LogP contribution in [-0.2, 0) is 32.0 Å². The lowest BCUT2D eigenvalue weighted by molar-refractivity contribution is -0.287. The molecule has 37 heavy (non-hydrogen) atoms. The summed E-state index contributed by atoms with van der Waals surface area (Å²) in [5, 5.41) is 30.8. The lowest BCUT2D eigenvalue weighted by Gasteiger charge is -2.45. The van der Waals surface area contributed by atoms with E-state index in [0.29, 0.717) is 0 Å². The summed E-state index contributed by atoms with van der Waals surface area (Å²) in [7, 11) is -7.95. The third kappa shape index (κ3) is 7.22. The maximum absolute atomic E-state index is 12.3. The van der Waals surface area contributed by atoms with Gasteiger partial charge in [0.25, 0.3) is 13.4 Å². The average Bonchev–Trinajstić information content (AvgIpc) is 3.12. The minimum atomic E-state index is -5.63. The average molecular weight is 574 g/mol. The molecule has 3 heterocycles. The number of ether oxygens (including phenoxy) is 2. The molecule has 2 aliphatic heterocycles. The fourth-order valence-electron chi connectivity index (χ4n) is 4.01. The Bertz CT molecular complexity index is 1170. The van der Waals surface area contributed by atoms with Gasteiger partial charge in [0.05, 0.1) is 31.0 Å². The Hall–Kier alpha value is -1.30. The number of aromatic nitrogens is 2. The zero-order valence-corrected chi connectivity index (χ0v) is 22.1. The molecule has 2 fully saturated rings. The van der Waals surface area contributed by atoms with Gasteiger partial charge in [0.2, 0.25) is 0 Å². The minimum absolute atomic E-state index is 0.146. The van der Waals surface area contributed by atoms with Crippen molar-refractivity contribution in [2.24, 2.45) is 0 Å². The van der Waals surface area contributed by atoms with Crippen molar-refractivity contribution in [1.29, 1.82) is 0 Å². The van der Waals surface area contributed by atoms with E-state index >= 15 is 0 Å². The first-order chi connectivity index (χ1) is 17.0. The Kier molecular flexibility index (Phi) is 9.35. The van der Waals surface area contributed by atoms with Crippen molar-refractivity contribution in [2.75, 3.05) is 20.7 Å². The van der Waals surface area contributed by atoms with Crippen molar-refractivity contribution in [3.8, 4) is 0 Å². The van der Waals surface area contributed by atoms with Gasteiger partial charge in [-0.2, -0.15) is 0 Å². The second-order valence-corrected chi connectivity index (χ2v) is 11.9. The first-order valence-corrected chi connectivity index (χ1v) is 14.0. The zero-order chi connectivity index (χ0) is 27.9. The van der Waals surface area contributed by atoms with Gasteiger partial charge in [0, 0.05) is 18.2 Å². The van der Waals surface area contributed by atoms with Gasteiger partial charge in [-0.1, -0.05) is 0 Å². The molecular weight excluding hydrogens is 544 g/mol. The van der Waals surface area contributed by atoms with Crippen molar-refractivity contribution in [3.05, 3.63) is 32.6 Å². The Morgan fingerprint density at radius 2 is 1.86 bits per heavy atom. The molecule has 212 valence electrons. The summed E-state index contributed by atoms with van der Waals surface area (Å²) in [4.78, 5) is 49.2. The summed E-state index contributed by atoms with van der Waals surface area (Å²) in [5.74, 6) is 0. The normalized spacial score (nSPS) is 35.8. The summed E-state index contributed by atoms with van der Waals surface area (Å²) in [6, 6.07) is -0.987. The topological polar surface area (TPSA) is 242 Å². The van der Waals surface area contributed by atoms with Gasteiger partial charge in [0.15, 0.2) is 6.29 Å². The first kappa shape index (κ1) is 30.2. The SMILES string of the molecule is Cc1cn(C2CC(O)C(COP(=O)(O)OP(=O)([O-])OC3OC(C)C(O)C(N(C)C)C3O)O2)c(=O)[nH]c1=O. The third-order valence-electron chi connectivity index (χ3n) is 5.90. The number of H-pyrrole nitrogens is 1. The molecule has 0 aliphatic carbocycles. The van der Waals surface area contributed by atoms with Gasteiger partial charge in [-0.3, -0.25) is 28.0 Å². The van der Waals surface area contributed by atoms with Crippen molar-refractivity contribution in [2.45, 2.75) is 69.3 Å². The number of hydrogen-bond acceptors (Lipinski definition) is 14. The number of phosphoric acid groups is 2. The Morgan fingerprint density at radius 3 is 2.49 bits per heavy atom. The number of aliphatic hydroxyl groups is 3. The van der Waals surface area contributed by atoms with Crippen LogP contribution in [0.15, 0.2) is 15.8 Å². The smallest absolute Gasteiger partial charge is 0.478 e. The molecule has 0 radical (unpaired) electrons. The summed E-state index contributed by atoms with van der Waals surface area (Å²) < 4.78 is 49.6. The van der Waals surface area contributed by atoms with E-state index in [-0.39, 0.29) is 12.0 Å². The van der Waals surface area contributed by atoms with E-state index in [1.165, 1.54) is 39.0 Å². The predicted molar refractivity (Wildman–Crippen MR) is 120 cm³/mol. The van der Waals surface area contributed by atoms with Crippen molar-refractivity contribution >= 4 is 15.6 Å². The van der Waals surface area contributed by atoms with E-state index in [4.69, 9.17) is 9.47 Å². The van der Waals surface area contributed by atoms with Crippen molar-refractivity contribution < 1.29 is 57.1 Å². The van der Waals surface area contributed by atoms with Crippen LogP contribution in [0.4, 0.5) is 0 Å². The summed E-state index contributed by atoms with van der Waals surface area (Å²) in [6.45, 7) is 2.03. The lowest BCUT2D eigenvalue weighted by Crippen LogP contribution is -2.62. The molecule has 0 bridgehead atoms. The second-order valence-electron chi connectivity index (χ2n) is 8.95. The van der Waals surface area contributed by atoms with E-state index in [1.54, 1.807) is 0 Å². The van der Waals surface area contributed by atoms with E-state index in [9.17, 15) is 43.8 Å². The van der Waals surface area contributed by atoms with Crippen LogP contribution in [0.3, 0.4) is 0 Å². The van der Waals surface area contributed by atoms with E-state index in [0.717, 1.165) is 4.57 Å². The molecular formula is C18H30N3O14P2-. The molecule has 3 rings (SSSR count). The third-order valence-corrected chi connectivity index (χ3v) is 8.47. The highest BCUT2D eigenvalue weighted by molar-refractivity contribution is 7.60. The monoisotopic (exact) mass is 574 g/mol. The fourth-order valence-corrected chi connectivity index (χ4v) is 6.13. The predicted octanol–water partition coefficient (Wildman–Crippen LogP) is -2.49. The molecule has 2 saturated heterocycles. The summed E-state index contributed by atoms with van der Waals surface area (Å²) in [5.41, 5.74) is -1.21. The van der Waals surface area contributed by atoms with Gasteiger partial charge in [0.1, 0.15) is 18.4 Å². The van der Waals surface area contributed by atoms with Crippen LogP contribution in [0.5, 0.6) is 0 Å². The number of phosphoric ester groups is 2. The minimum Gasteiger partial charge on any atom is -0.756 e. The lowest BCUT2D eigenvalue weighted by atomic mass is 9.96. The van der Waals surface area contributed by atoms with Gasteiger partial charge < -0.3 is 39.5 Å². The molecule has 17 nitrogen and oxygen atoms in total. The number of nitrogens with one attached hydrogen (secondary N) is 1. The number of rotatable bonds is 9. The molecule has 10 atom stereocenters. The molecule has 0 aromatic carbocycles. The van der Waals surface area contributed by atoms with Crippen LogP contribution >= 0.6 is 15.6 Å². The largest absolute Gasteiger partial charge is 0.756 e. The van der Waals surface area contributed by atoms with Crippen LogP contribution < -0.4 is 16.1 Å². The van der Waals surface area contributed by atoms with Crippen molar-refractivity contribution in [1.82, 2.24) is 14.5 Å². The molecule has 0 amide bonds. The molecule has 1 aromatic heterocycles. The maximum Gasteiger partial charge on any atom is 0.478 e. The molecule has 2 aliphatic rings. The van der Waals surface area contributed by atoms with Crippen LogP contribution in [0.2, 0.25) is 0 Å². The van der Waals surface area contributed by atoms with E-state index in [1.807, 2.05) is 0 Å². The highest BCUT2D eigenvalue weighted by Gasteiger charge is 2.46. The zero-order valence-electron chi connectivity index (χ0n) is 20.3. The standard InChI is InChI=1S/C18H31N3O14P2/c1-8-6-21(18(26)19-16(8)25)12-5-10(22)11(33-12)7-31-36(27,28)35-37(29,30)34-17-15(24)13(20(3)4)14(23)9(2)32-17/h6,9-15,17,22-24H,5,7H2,1-4H3,(H,27,28)(H,29,30)(H,19,25,26)/p-1. The first-order valence-electron chi connectivity index (χ1n) is 11.0. The van der Waals surface area contributed by atoms with Crippen molar-refractivity contribution in [3.63, 3.8) is 0 Å². The Labute approximate surface area is 210 Å². The summed E-state index contributed by atoms with van der Waals surface area (Å²) >= 11 is 0. The summed E-state index contributed by atoms with van der Waals surface area (Å²) in [6.07, 6.45) is -8.24.